The van der Waals surface area contributed by atoms with Gasteiger partial charge in [0.2, 0.25) is 0 Å². The first-order chi connectivity index (χ1) is 9.66. The number of anilines is 1. The molecule has 2 aliphatic heterocycles. The minimum atomic E-state index is -0.902. The molecule has 1 fully saturated rings. The molecule has 0 radical (unpaired) electrons. The van der Waals surface area contributed by atoms with Gasteiger partial charge in [-0.3, -0.25) is 4.79 Å². The van der Waals surface area contributed by atoms with Crippen molar-refractivity contribution in [2.75, 3.05) is 18.4 Å². The Balaban J connectivity index is 1.85. The molecule has 2 aliphatic rings. The van der Waals surface area contributed by atoms with Crippen molar-refractivity contribution in [2.45, 2.75) is 31.7 Å². The van der Waals surface area contributed by atoms with Crippen LogP contribution in [0.3, 0.4) is 0 Å². The van der Waals surface area contributed by atoms with Gasteiger partial charge in [-0.05, 0) is 49.4 Å². The topological polar surface area (TPSA) is 69.6 Å². The Morgan fingerprint density at radius 3 is 2.95 bits per heavy atom. The predicted octanol–water partition coefficient (Wildman–Crippen LogP) is 1.73. The molecule has 1 amide bonds. The van der Waals surface area contributed by atoms with E-state index in [-0.39, 0.29) is 5.91 Å². The fourth-order valence-corrected chi connectivity index (χ4v) is 3.04. The van der Waals surface area contributed by atoms with Crippen LogP contribution in [0.15, 0.2) is 18.2 Å². The highest BCUT2D eigenvalue weighted by Gasteiger charge is 2.32. The first-order valence-corrected chi connectivity index (χ1v) is 7.07. The quantitative estimate of drug-likeness (QED) is 0.861. The summed E-state index contributed by atoms with van der Waals surface area (Å²) in [5.74, 6) is -1.06. The van der Waals surface area contributed by atoms with Gasteiger partial charge in [-0.2, -0.15) is 0 Å². The second-order valence-corrected chi connectivity index (χ2v) is 5.40. The van der Waals surface area contributed by atoms with Gasteiger partial charge in [0, 0.05) is 24.3 Å². The molecule has 20 heavy (non-hydrogen) atoms. The summed E-state index contributed by atoms with van der Waals surface area (Å²) in [7, 11) is 0. The lowest BCUT2D eigenvalue weighted by Crippen LogP contribution is -2.48. The van der Waals surface area contributed by atoms with E-state index in [4.69, 9.17) is 0 Å². The van der Waals surface area contributed by atoms with Crippen molar-refractivity contribution in [3.8, 4) is 0 Å². The van der Waals surface area contributed by atoms with Crippen LogP contribution in [0.2, 0.25) is 0 Å². The van der Waals surface area contributed by atoms with Gasteiger partial charge < -0.3 is 15.3 Å². The zero-order valence-electron chi connectivity index (χ0n) is 11.3. The fourth-order valence-electron chi connectivity index (χ4n) is 3.04. The van der Waals surface area contributed by atoms with Gasteiger partial charge >= 0.3 is 5.97 Å². The van der Waals surface area contributed by atoms with Gasteiger partial charge in [0.15, 0.2) is 0 Å². The number of hydrogen-bond acceptors (Lipinski definition) is 3. The van der Waals surface area contributed by atoms with E-state index in [0.29, 0.717) is 18.5 Å². The van der Waals surface area contributed by atoms with Crippen molar-refractivity contribution in [1.82, 2.24) is 4.90 Å². The van der Waals surface area contributed by atoms with Gasteiger partial charge in [-0.1, -0.05) is 0 Å². The number of likely N-dealkylation sites (tertiary alicyclic amines) is 1. The van der Waals surface area contributed by atoms with Crippen LogP contribution in [0.5, 0.6) is 0 Å². The van der Waals surface area contributed by atoms with Crippen LogP contribution in [0.25, 0.3) is 0 Å². The van der Waals surface area contributed by atoms with E-state index in [1.54, 1.807) is 6.07 Å². The monoisotopic (exact) mass is 274 g/mol. The normalized spacial score (nSPS) is 21.2. The second-order valence-electron chi connectivity index (χ2n) is 5.40. The van der Waals surface area contributed by atoms with Crippen molar-refractivity contribution < 1.29 is 14.7 Å². The van der Waals surface area contributed by atoms with E-state index < -0.39 is 12.0 Å². The molecule has 1 atom stereocenters. The van der Waals surface area contributed by atoms with E-state index in [9.17, 15) is 14.7 Å². The number of benzene rings is 1. The van der Waals surface area contributed by atoms with Crippen LogP contribution in [0.1, 0.15) is 35.2 Å². The Bertz CT molecular complexity index is 556. The van der Waals surface area contributed by atoms with Crippen molar-refractivity contribution in [2.24, 2.45) is 0 Å². The van der Waals surface area contributed by atoms with Crippen LogP contribution < -0.4 is 5.32 Å². The third-order valence-corrected chi connectivity index (χ3v) is 4.11. The zero-order chi connectivity index (χ0) is 14.1. The SMILES string of the molecule is O=C(O)[C@@H]1CCCCN1C(=O)c1ccc2c(c1)CCN2. The van der Waals surface area contributed by atoms with Crippen LogP contribution in [0.4, 0.5) is 5.69 Å². The van der Waals surface area contributed by atoms with Crippen molar-refractivity contribution in [3.05, 3.63) is 29.3 Å². The van der Waals surface area contributed by atoms with Crippen molar-refractivity contribution >= 4 is 17.6 Å². The van der Waals surface area contributed by atoms with E-state index >= 15 is 0 Å². The van der Waals surface area contributed by atoms with Gasteiger partial charge in [-0.25, -0.2) is 4.79 Å². The second kappa shape index (κ2) is 5.15. The fraction of sp³-hybridized carbons (Fsp3) is 0.467. The van der Waals surface area contributed by atoms with Gasteiger partial charge in [0.05, 0.1) is 0 Å². The summed E-state index contributed by atoms with van der Waals surface area (Å²) in [6.45, 7) is 1.43. The molecule has 1 aromatic rings. The van der Waals surface area contributed by atoms with E-state index in [1.807, 2.05) is 12.1 Å². The maximum absolute atomic E-state index is 12.6. The molecule has 0 aromatic heterocycles. The first kappa shape index (κ1) is 13.0. The lowest BCUT2D eigenvalue weighted by Gasteiger charge is -2.33. The number of aliphatic carboxylic acids is 1. The van der Waals surface area contributed by atoms with Crippen LogP contribution in [-0.2, 0) is 11.2 Å². The summed E-state index contributed by atoms with van der Waals surface area (Å²) < 4.78 is 0. The third kappa shape index (κ3) is 2.24. The standard InChI is InChI=1S/C15H18N2O3/c18-14(17-8-2-1-3-13(17)15(19)20)11-4-5-12-10(9-11)6-7-16-12/h4-5,9,13,16H,1-3,6-8H2,(H,19,20)/t13-/m0/s1. The summed E-state index contributed by atoms with van der Waals surface area (Å²) in [5.41, 5.74) is 2.82. The minimum Gasteiger partial charge on any atom is -0.480 e. The number of carboxylic acid groups (broad SMARTS) is 1. The highest BCUT2D eigenvalue weighted by molar-refractivity contribution is 5.97. The highest BCUT2D eigenvalue weighted by Crippen LogP contribution is 2.25. The minimum absolute atomic E-state index is 0.160. The van der Waals surface area contributed by atoms with Gasteiger partial charge in [-0.15, -0.1) is 0 Å². The number of carboxylic acids is 1. The number of nitrogens with one attached hydrogen (secondary N) is 1. The largest absolute Gasteiger partial charge is 0.480 e. The Morgan fingerprint density at radius 1 is 1.30 bits per heavy atom. The van der Waals surface area contributed by atoms with Crippen LogP contribution >= 0.6 is 0 Å². The van der Waals surface area contributed by atoms with Gasteiger partial charge in [0.1, 0.15) is 6.04 Å². The van der Waals surface area contributed by atoms with E-state index in [0.717, 1.165) is 37.1 Å². The predicted molar refractivity (Wildman–Crippen MR) is 74.9 cm³/mol. The average molecular weight is 274 g/mol. The average Bonchev–Trinajstić information content (AvgIpc) is 2.93. The smallest absolute Gasteiger partial charge is 0.326 e. The van der Waals surface area contributed by atoms with E-state index in [2.05, 4.69) is 5.32 Å². The number of carbonyl (C=O) groups excluding carboxylic acids is 1. The molecular weight excluding hydrogens is 256 g/mol. The van der Waals surface area contributed by atoms with Crippen molar-refractivity contribution in [1.29, 1.82) is 0 Å². The van der Waals surface area contributed by atoms with Crippen LogP contribution in [0, 0.1) is 0 Å². The molecule has 1 aromatic carbocycles. The number of carbonyl (C=O) groups is 2. The third-order valence-electron chi connectivity index (χ3n) is 4.11. The Morgan fingerprint density at radius 2 is 2.15 bits per heavy atom. The maximum atomic E-state index is 12.6. The molecule has 0 bridgehead atoms. The molecule has 1 saturated heterocycles. The number of amides is 1. The summed E-state index contributed by atoms with van der Waals surface area (Å²) in [5, 5.41) is 12.5. The Kier molecular flexibility index (Phi) is 3.34. The molecule has 2 heterocycles. The Hall–Kier alpha value is -2.04. The molecule has 0 unspecified atom stereocenters. The highest BCUT2D eigenvalue weighted by atomic mass is 16.4. The lowest BCUT2D eigenvalue weighted by atomic mass is 10.00. The summed E-state index contributed by atoms with van der Waals surface area (Å²) in [6.07, 6.45) is 3.21. The molecule has 2 N–H and O–H groups in total. The summed E-state index contributed by atoms with van der Waals surface area (Å²) in [6, 6.07) is 4.91. The van der Waals surface area contributed by atoms with Gasteiger partial charge in [0.25, 0.3) is 5.91 Å². The zero-order valence-corrected chi connectivity index (χ0v) is 11.3. The Labute approximate surface area is 117 Å². The van der Waals surface area contributed by atoms with Crippen LogP contribution in [-0.4, -0.2) is 41.0 Å². The van der Waals surface area contributed by atoms with Crippen molar-refractivity contribution in [3.63, 3.8) is 0 Å². The molecule has 0 aliphatic carbocycles. The molecular formula is C15H18N2O3. The molecule has 106 valence electrons. The lowest BCUT2D eigenvalue weighted by molar-refractivity contribution is -0.143. The first-order valence-electron chi connectivity index (χ1n) is 7.07. The number of nitrogens with zero attached hydrogens (tertiary/aromatic N) is 1. The summed E-state index contributed by atoms with van der Waals surface area (Å²) >= 11 is 0. The maximum Gasteiger partial charge on any atom is 0.326 e. The van der Waals surface area contributed by atoms with E-state index in [1.165, 1.54) is 4.90 Å². The molecule has 5 nitrogen and oxygen atoms in total. The molecule has 0 saturated carbocycles. The molecule has 3 rings (SSSR count). The number of hydrogen-bond donors (Lipinski definition) is 2. The number of rotatable bonds is 2. The molecule has 5 heteroatoms. The molecule has 0 spiro atoms. The number of piperidine rings is 1. The summed E-state index contributed by atoms with van der Waals surface area (Å²) in [4.78, 5) is 25.4. The number of fused-ring (bicyclic) bond motifs is 1.